The van der Waals surface area contributed by atoms with Gasteiger partial charge in [-0.25, -0.2) is 0 Å². The van der Waals surface area contributed by atoms with Crippen LogP contribution >= 0.6 is 0 Å². The number of allylic oxidation sites excluding steroid dienone is 5. The normalized spacial score (nSPS) is 16.6. The highest BCUT2D eigenvalue weighted by Crippen LogP contribution is 2.07. The van der Waals surface area contributed by atoms with Crippen molar-refractivity contribution in [2.75, 3.05) is 0 Å². The van der Waals surface area contributed by atoms with Gasteiger partial charge in [-0.2, -0.15) is 0 Å². The van der Waals surface area contributed by atoms with Crippen molar-refractivity contribution in [2.24, 2.45) is 9.98 Å². The van der Waals surface area contributed by atoms with Crippen molar-refractivity contribution >= 4 is 11.9 Å². The molecule has 0 unspecified atom stereocenters. The smallest absolute Gasteiger partial charge is 0.0879 e. The van der Waals surface area contributed by atoms with Gasteiger partial charge in [0.2, 0.25) is 0 Å². The molecule has 0 saturated heterocycles. The molecule has 1 rings (SSSR count). The molecule has 0 atom stereocenters. The predicted octanol–water partition coefficient (Wildman–Crippen LogP) is 3.45. The van der Waals surface area contributed by atoms with Crippen molar-refractivity contribution in [1.82, 2.24) is 0 Å². The molecular formula is C13H16N2. The molecule has 1 heterocycles. The van der Waals surface area contributed by atoms with E-state index < -0.39 is 0 Å². The number of rotatable bonds is 4. The summed E-state index contributed by atoms with van der Waals surface area (Å²) in [4.78, 5) is 8.63. The molecule has 15 heavy (non-hydrogen) atoms. The molecule has 0 fully saturated rings. The monoisotopic (exact) mass is 200 g/mol. The van der Waals surface area contributed by atoms with Gasteiger partial charge in [0.1, 0.15) is 0 Å². The zero-order valence-corrected chi connectivity index (χ0v) is 9.06. The predicted molar refractivity (Wildman–Crippen MR) is 67.4 cm³/mol. The van der Waals surface area contributed by atoms with Gasteiger partial charge in [0.15, 0.2) is 0 Å². The summed E-state index contributed by atoms with van der Waals surface area (Å²) in [6.07, 6.45) is 15.2. The minimum absolute atomic E-state index is 0.903. The summed E-state index contributed by atoms with van der Waals surface area (Å²) in [5.41, 5.74) is 1.81. The van der Waals surface area contributed by atoms with Crippen LogP contribution in [0.2, 0.25) is 0 Å². The van der Waals surface area contributed by atoms with Crippen LogP contribution in [0, 0.1) is 0 Å². The number of hydrogen-bond acceptors (Lipinski definition) is 2. The van der Waals surface area contributed by atoms with E-state index in [1.54, 1.807) is 12.3 Å². The van der Waals surface area contributed by atoms with E-state index in [9.17, 15) is 0 Å². The summed E-state index contributed by atoms with van der Waals surface area (Å²) < 4.78 is 0. The van der Waals surface area contributed by atoms with Crippen LogP contribution in [0.25, 0.3) is 0 Å². The van der Waals surface area contributed by atoms with Crippen molar-refractivity contribution in [1.29, 1.82) is 0 Å². The lowest BCUT2D eigenvalue weighted by atomic mass is 10.2. The summed E-state index contributed by atoms with van der Waals surface area (Å²) in [5.74, 6) is 0. The first-order valence-electron chi connectivity index (χ1n) is 5.13. The van der Waals surface area contributed by atoms with Gasteiger partial charge in [0, 0.05) is 12.4 Å². The Balaban J connectivity index is 2.93. The molecule has 0 spiro atoms. The second kappa shape index (κ2) is 6.71. The van der Waals surface area contributed by atoms with E-state index in [4.69, 9.17) is 0 Å². The van der Waals surface area contributed by atoms with Crippen molar-refractivity contribution in [3.63, 3.8) is 0 Å². The van der Waals surface area contributed by atoms with Crippen LogP contribution in [0.4, 0.5) is 0 Å². The second-order valence-electron chi connectivity index (χ2n) is 3.05. The van der Waals surface area contributed by atoms with Gasteiger partial charge in [-0.15, -0.1) is 0 Å². The first kappa shape index (κ1) is 11.4. The topological polar surface area (TPSA) is 24.7 Å². The zero-order chi connectivity index (χ0) is 10.9. The zero-order valence-electron chi connectivity index (χ0n) is 9.06. The molecule has 1 aliphatic heterocycles. The second-order valence-corrected chi connectivity index (χ2v) is 3.05. The molecular weight excluding hydrogens is 184 g/mol. The molecule has 0 amide bonds. The average Bonchev–Trinajstić information content (AvgIpc) is 2.52. The fourth-order valence-corrected chi connectivity index (χ4v) is 1.20. The van der Waals surface area contributed by atoms with Gasteiger partial charge in [0.25, 0.3) is 0 Å². The number of nitrogens with zero attached hydrogens (tertiary/aromatic N) is 2. The maximum absolute atomic E-state index is 4.33. The average molecular weight is 200 g/mol. The van der Waals surface area contributed by atoms with E-state index in [2.05, 4.69) is 35.6 Å². The molecule has 0 radical (unpaired) electrons. The van der Waals surface area contributed by atoms with Gasteiger partial charge < -0.3 is 0 Å². The van der Waals surface area contributed by atoms with Crippen molar-refractivity contribution < 1.29 is 0 Å². The molecule has 0 aromatic carbocycles. The van der Waals surface area contributed by atoms with Crippen LogP contribution in [-0.4, -0.2) is 11.9 Å². The lowest BCUT2D eigenvalue weighted by Gasteiger charge is -1.99. The van der Waals surface area contributed by atoms with Crippen molar-refractivity contribution in [3.05, 3.63) is 48.9 Å². The summed E-state index contributed by atoms with van der Waals surface area (Å²) in [7, 11) is 0. The van der Waals surface area contributed by atoms with Crippen LogP contribution in [0.5, 0.6) is 0 Å². The van der Waals surface area contributed by atoms with E-state index >= 15 is 0 Å². The first-order valence-corrected chi connectivity index (χ1v) is 5.13. The molecule has 1 aliphatic rings. The molecule has 0 N–H and O–H groups in total. The molecule has 0 aromatic heterocycles. The number of hydrogen-bond donors (Lipinski definition) is 0. The largest absolute Gasteiger partial charge is 0.255 e. The van der Waals surface area contributed by atoms with Gasteiger partial charge in [-0.05, 0) is 18.9 Å². The van der Waals surface area contributed by atoms with Crippen LogP contribution in [-0.2, 0) is 0 Å². The van der Waals surface area contributed by atoms with Crippen LogP contribution < -0.4 is 0 Å². The van der Waals surface area contributed by atoms with E-state index in [-0.39, 0.29) is 0 Å². The van der Waals surface area contributed by atoms with Crippen molar-refractivity contribution in [2.45, 2.75) is 19.8 Å². The summed E-state index contributed by atoms with van der Waals surface area (Å²) in [6, 6.07) is 0. The Morgan fingerprint density at radius 1 is 1.60 bits per heavy atom. The SMILES string of the molecule is C=CC=N/C(=C\CC)C1=NC=CCC=C1. The van der Waals surface area contributed by atoms with Crippen LogP contribution in [0.3, 0.4) is 0 Å². The maximum atomic E-state index is 4.33. The quantitative estimate of drug-likeness (QED) is 0.621. The Labute approximate surface area is 91.1 Å². The standard InChI is InChI=1S/C13H16N2/c1-3-8-12(14-10-4-2)13-9-6-5-7-11-15-13/h4,6-11H,2-3,5H2,1H3/b12-8-,14-10?. The van der Waals surface area contributed by atoms with Crippen molar-refractivity contribution in [3.8, 4) is 0 Å². The Kier molecular flexibility index (Phi) is 5.09. The molecule has 78 valence electrons. The highest BCUT2D eigenvalue weighted by atomic mass is 14.8. The highest BCUT2D eigenvalue weighted by Gasteiger charge is 2.00. The molecule has 2 nitrogen and oxygen atoms in total. The van der Waals surface area contributed by atoms with Crippen LogP contribution in [0.15, 0.2) is 58.8 Å². The molecule has 0 aromatic rings. The first-order chi connectivity index (χ1) is 7.38. The Bertz CT molecular complexity index is 355. The van der Waals surface area contributed by atoms with E-state index in [0.717, 1.165) is 24.3 Å². The highest BCUT2D eigenvalue weighted by molar-refractivity contribution is 6.09. The fraction of sp³-hybridized carbons (Fsp3) is 0.231. The van der Waals surface area contributed by atoms with Gasteiger partial charge >= 0.3 is 0 Å². The molecule has 0 saturated carbocycles. The Hall–Kier alpha value is -1.70. The molecule has 0 aliphatic carbocycles. The molecule has 2 heteroatoms. The van der Waals surface area contributed by atoms with Gasteiger partial charge in [-0.3, -0.25) is 9.98 Å². The fourth-order valence-electron chi connectivity index (χ4n) is 1.20. The Morgan fingerprint density at radius 2 is 2.47 bits per heavy atom. The van der Waals surface area contributed by atoms with Crippen LogP contribution in [0.1, 0.15) is 19.8 Å². The third-order valence-corrected chi connectivity index (χ3v) is 1.85. The molecule has 0 bridgehead atoms. The van der Waals surface area contributed by atoms with Gasteiger partial charge in [-0.1, -0.05) is 37.8 Å². The lowest BCUT2D eigenvalue weighted by Crippen LogP contribution is -1.96. The summed E-state index contributed by atoms with van der Waals surface area (Å²) >= 11 is 0. The third-order valence-electron chi connectivity index (χ3n) is 1.85. The lowest BCUT2D eigenvalue weighted by molar-refractivity contribution is 1.19. The van der Waals surface area contributed by atoms with E-state index in [1.165, 1.54) is 0 Å². The number of aliphatic imine (C=N–C) groups is 2. The maximum Gasteiger partial charge on any atom is 0.0879 e. The summed E-state index contributed by atoms with van der Waals surface area (Å²) in [6.45, 7) is 5.69. The minimum atomic E-state index is 0.903. The minimum Gasteiger partial charge on any atom is -0.255 e. The summed E-state index contributed by atoms with van der Waals surface area (Å²) in [5, 5.41) is 0. The van der Waals surface area contributed by atoms with E-state index in [1.807, 2.05) is 18.4 Å². The Morgan fingerprint density at radius 3 is 3.20 bits per heavy atom. The third kappa shape index (κ3) is 3.90. The van der Waals surface area contributed by atoms with E-state index in [0.29, 0.717) is 0 Å². The van der Waals surface area contributed by atoms with Gasteiger partial charge in [0.05, 0.1) is 11.4 Å².